The molecule has 8 nitrogen and oxygen atoms in total. The fraction of sp³-hybridized carbons (Fsp3) is 0.458. The van der Waals surface area contributed by atoms with E-state index >= 15 is 0 Å². The van der Waals surface area contributed by atoms with E-state index in [2.05, 4.69) is 20.8 Å². The lowest BCUT2D eigenvalue weighted by atomic mass is 9.87. The Morgan fingerprint density at radius 1 is 0.853 bits per heavy atom. The smallest absolute Gasteiger partial charge is 0.253 e. The molecule has 0 radical (unpaired) electrons. The Balaban J connectivity index is 1.40. The van der Waals surface area contributed by atoms with Crippen LogP contribution in [0.2, 0.25) is 0 Å². The summed E-state index contributed by atoms with van der Waals surface area (Å²) in [5, 5.41) is 0. The lowest BCUT2D eigenvalue weighted by Crippen LogP contribution is -2.50. The normalized spacial score (nSPS) is 19.4. The summed E-state index contributed by atoms with van der Waals surface area (Å²) in [6.45, 7) is 7.71. The molecule has 2 aliphatic rings. The number of rotatable bonds is 4. The molecule has 0 unspecified atom stereocenters. The van der Waals surface area contributed by atoms with Crippen LogP contribution in [0.25, 0.3) is 0 Å². The van der Waals surface area contributed by atoms with E-state index in [1.807, 2.05) is 12.1 Å². The van der Waals surface area contributed by atoms with E-state index < -0.39 is 20.0 Å². The first-order valence-electron chi connectivity index (χ1n) is 11.4. The number of carbonyl (C=O) groups is 1. The van der Waals surface area contributed by atoms with E-state index in [1.54, 1.807) is 41.3 Å². The molecule has 4 rings (SSSR count). The van der Waals surface area contributed by atoms with Gasteiger partial charge < -0.3 is 4.90 Å². The van der Waals surface area contributed by atoms with Gasteiger partial charge in [0.1, 0.15) is 0 Å². The van der Waals surface area contributed by atoms with Crippen LogP contribution in [0.3, 0.4) is 0 Å². The molecule has 10 heteroatoms. The van der Waals surface area contributed by atoms with Crippen LogP contribution in [0.15, 0.2) is 53.4 Å². The van der Waals surface area contributed by atoms with E-state index in [9.17, 15) is 21.6 Å². The van der Waals surface area contributed by atoms with Crippen LogP contribution < -0.4 is 4.31 Å². The van der Waals surface area contributed by atoms with Gasteiger partial charge in [0.05, 0.1) is 16.3 Å². The summed E-state index contributed by atoms with van der Waals surface area (Å²) in [7, 11) is -6.90. The molecule has 0 aliphatic carbocycles. The zero-order valence-electron chi connectivity index (χ0n) is 19.8. The Hall–Kier alpha value is -2.43. The van der Waals surface area contributed by atoms with Crippen molar-refractivity contribution in [2.75, 3.05) is 42.8 Å². The average molecular weight is 506 g/mol. The minimum atomic E-state index is -3.63. The third kappa shape index (κ3) is 4.85. The lowest BCUT2D eigenvalue weighted by Gasteiger charge is -2.34. The largest absolute Gasteiger partial charge is 0.336 e. The monoisotopic (exact) mass is 505 g/mol. The van der Waals surface area contributed by atoms with E-state index in [0.29, 0.717) is 37.3 Å². The molecule has 2 aromatic rings. The van der Waals surface area contributed by atoms with Crippen LogP contribution in [0.5, 0.6) is 0 Å². The number of sulfonamides is 2. The number of hydrogen-bond acceptors (Lipinski definition) is 5. The highest BCUT2D eigenvalue weighted by Gasteiger charge is 2.31. The third-order valence-electron chi connectivity index (χ3n) is 6.39. The second-order valence-corrected chi connectivity index (χ2v) is 13.7. The van der Waals surface area contributed by atoms with Crippen LogP contribution in [0.4, 0.5) is 5.69 Å². The van der Waals surface area contributed by atoms with Crippen molar-refractivity contribution in [3.63, 3.8) is 0 Å². The van der Waals surface area contributed by atoms with Crippen molar-refractivity contribution in [2.45, 2.75) is 37.5 Å². The van der Waals surface area contributed by atoms with Gasteiger partial charge in [-0.05, 0) is 53.8 Å². The van der Waals surface area contributed by atoms with E-state index in [0.717, 1.165) is 5.56 Å². The van der Waals surface area contributed by atoms with Gasteiger partial charge in [0.25, 0.3) is 5.91 Å². The maximum absolute atomic E-state index is 13.1. The van der Waals surface area contributed by atoms with Gasteiger partial charge >= 0.3 is 0 Å². The van der Waals surface area contributed by atoms with Crippen LogP contribution in [0, 0.1) is 0 Å². The van der Waals surface area contributed by atoms with Gasteiger partial charge in [0.2, 0.25) is 20.0 Å². The van der Waals surface area contributed by atoms with Crippen LogP contribution >= 0.6 is 0 Å². The summed E-state index contributed by atoms with van der Waals surface area (Å²) in [5.41, 5.74) is 2.02. The highest BCUT2D eigenvalue weighted by atomic mass is 32.2. The van der Waals surface area contributed by atoms with E-state index in [-0.39, 0.29) is 35.1 Å². The number of amides is 1. The molecule has 0 N–H and O–H groups in total. The maximum atomic E-state index is 13.1. The molecule has 2 heterocycles. The maximum Gasteiger partial charge on any atom is 0.253 e. The summed E-state index contributed by atoms with van der Waals surface area (Å²) >= 11 is 0. The second-order valence-electron chi connectivity index (χ2n) is 9.76. The van der Waals surface area contributed by atoms with Gasteiger partial charge in [-0.3, -0.25) is 9.10 Å². The Morgan fingerprint density at radius 3 is 1.94 bits per heavy atom. The quantitative estimate of drug-likeness (QED) is 0.637. The third-order valence-corrected chi connectivity index (χ3v) is 10.2. The van der Waals surface area contributed by atoms with Crippen molar-refractivity contribution in [3.05, 3.63) is 59.7 Å². The highest BCUT2D eigenvalue weighted by Crippen LogP contribution is 2.26. The molecule has 34 heavy (non-hydrogen) atoms. The summed E-state index contributed by atoms with van der Waals surface area (Å²) in [5.74, 6) is -0.0517. The molecule has 0 spiro atoms. The molecule has 0 aromatic heterocycles. The van der Waals surface area contributed by atoms with Crippen molar-refractivity contribution in [1.29, 1.82) is 0 Å². The Bertz CT molecular complexity index is 1260. The molecule has 0 atom stereocenters. The fourth-order valence-corrected chi connectivity index (χ4v) is 7.28. The minimum absolute atomic E-state index is 0.0603. The first-order chi connectivity index (χ1) is 15.9. The summed E-state index contributed by atoms with van der Waals surface area (Å²) < 4.78 is 53.2. The number of piperazine rings is 1. The van der Waals surface area contributed by atoms with Gasteiger partial charge in [0, 0.05) is 38.3 Å². The molecule has 184 valence electrons. The Morgan fingerprint density at radius 2 is 1.44 bits per heavy atom. The van der Waals surface area contributed by atoms with Gasteiger partial charge in [-0.2, -0.15) is 4.31 Å². The lowest BCUT2D eigenvalue weighted by molar-refractivity contribution is 0.0698. The summed E-state index contributed by atoms with van der Waals surface area (Å²) in [6.07, 6.45) is 0.594. The highest BCUT2D eigenvalue weighted by molar-refractivity contribution is 7.93. The van der Waals surface area contributed by atoms with Crippen molar-refractivity contribution in [2.24, 2.45) is 0 Å². The minimum Gasteiger partial charge on any atom is -0.336 e. The van der Waals surface area contributed by atoms with Gasteiger partial charge in [-0.25, -0.2) is 16.8 Å². The number of anilines is 1. The van der Waals surface area contributed by atoms with Crippen molar-refractivity contribution < 1.29 is 21.6 Å². The van der Waals surface area contributed by atoms with Crippen LogP contribution in [0.1, 0.15) is 43.1 Å². The molecular formula is C24H31N3O5S2. The number of benzene rings is 2. The van der Waals surface area contributed by atoms with Crippen LogP contribution in [-0.2, 0) is 25.5 Å². The Kier molecular flexibility index (Phi) is 6.52. The molecule has 2 aromatic carbocycles. The molecule has 0 bridgehead atoms. The molecular weight excluding hydrogens is 474 g/mol. The second kappa shape index (κ2) is 8.98. The standard InChI is InChI=1S/C24H31N3O5S2/c1-24(2,3)20-7-11-22(12-8-20)34(31,32)26-16-14-25(15-17-26)23(28)19-5-9-21(10-6-19)27-13-4-18-33(27,29)30/h5-12H,4,13-18H2,1-3H3. The first-order valence-corrected chi connectivity index (χ1v) is 14.4. The van der Waals surface area contributed by atoms with E-state index in [4.69, 9.17) is 0 Å². The molecule has 2 fully saturated rings. The van der Waals surface area contributed by atoms with Crippen molar-refractivity contribution in [3.8, 4) is 0 Å². The van der Waals surface area contributed by atoms with Gasteiger partial charge in [-0.1, -0.05) is 32.9 Å². The SMILES string of the molecule is CC(C)(C)c1ccc(S(=O)(=O)N2CCN(C(=O)c3ccc(N4CCCS4(=O)=O)cc3)CC2)cc1. The molecule has 2 aliphatic heterocycles. The molecule has 0 saturated carbocycles. The Labute approximate surface area is 202 Å². The first kappa shape index (κ1) is 24.7. The van der Waals surface area contributed by atoms with E-state index in [1.165, 1.54) is 8.61 Å². The van der Waals surface area contributed by atoms with Gasteiger partial charge in [-0.15, -0.1) is 0 Å². The van der Waals surface area contributed by atoms with Crippen molar-refractivity contribution >= 4 is 31.6 Å². The average Bonchev–Trinajstić information content (AvgIpc) is 3.17. The fourth-order valence-electron chi connectivity index (χ4n) is 4.29. The van der Waals surface area contributed by atoms with Crippen molar-refractivity contribution in [1.82, 2.24) is 9.21 Å². The number of nitrogens with zero attached hydrogens (tertiary/aromatic N) is 3. The summed E-state index contributed by atoms with van der Waals surface area (Å²) in [4.78, 5) is 14.8. The molecule has 2 saturated heterocycles. The summed E-state index contributed by atoms with van der Waals surface area (Å²) in [6, 6.07) is 13.6. The zero-order valence-corrected chi connectivity index (χ0v) is 21.4. The number of hydrogen-bond donors (Lipinski definition) is 0. The van der Waals surface area contributed by atoms with Crippen LogP contribution in [-0.4, -0.2) is 70.4 Å². The topological polar surface area (TPSA) is 95.1 Å². The predicted octanol–water partition coefficient (Wildman–Crippen LogP) is 2.67. The number of carbonyl (C=O) groups excluding carboxylic acids is 1. The zero-order chi connectivity index (χ0) is 24.7. The molecule has 1 amide bonds. The predicted molar refractivity (Wildman–Crippen MR) is 132 cm³/mol. The van der Waals surface area contributed by atoms with Gasteiger partial charge in [0.15, 0.2) is 0 Å².